The van der Waals surface area contributed by atoms with E-state index >= 15 is 0 Å². The van der Waals surface area contributed by atoms with Crippen molar-refractivity contribution < 1.29 is 9.90 Å². The average molecular weight is 234 g/mol. The normalized spacial score (nSPS) is 10.5. The van der Waals surface area contributed by atoms with E-state index in [4.69, 9.17) is 5.11 Å². The molecule has 0 radical (unpaired) electrons. The first-order chi connectivity index (χ1) is 8.29. The molecule has 94 valence electrons. The van der Waals surface area contributed by atoms with E-state index in [1.54, 1.807) is 12.1 Å². The molecule has 0 saturated carbocycles. The van der Waals surface area contributed by atoms with Crippen LogP contribution < -0.4 is 0 Å². The molecule has 0 aliphatic rings. The molecule has 0 unspecified atom stereocenters. The Morgan fingerprint density at radius 3 is 2.29 bits per heavy atom. The summed E-state index contributed by atoms with van der Waals surface area (Å²) in [5.74, 6) is 0.0199. The third-order valence-electron chi connectivity index (χ3n) is 2.16. The van der Waals surface area contributed by atoms with Gasteiger partial charge in [0.2, 0.25) is 0 Å². The Bertz CT molecular complexity index is 339. The number of carbonyl (C=O) groups excluding carboxylic acids is 1. The van der Waals surface area contributed by atoms with Crippen molar-refractivity contribution in [2.45, 2.75) is 33.6 Å². The van der Waals surface area contributed by atoms with E-state index in [9.17, 15) is 4.79 Å². The monoisotopic (exact) mass is 234 g/mol. The first kappa shape index (κ1) is 15.6. The molecule has 2 heteroatoms. The molecule has 0 aliphatic heterocycles. The van der Waals surface area contributed by atoms with Crippen LogP contribution >= 0.6 is 0 Å². The van der Waals surface area contributed by atoms with Crippen LogP contribution in [0.5, 0.6) is 0 Å². The Morgan fingerprint density at radius 1 is 1.24 bits per heavy atom. The van der Waals surface area contributed by atoms with Crippen LogP contribution in [0.25, 0.3) is 0 Å². The lowest BCUT2D eigenvalue weighted by Gasteiger charge is -2.04. The number of aliphatic hydroxyl groups is 1. The molecule has 0 heterocycles. The van der Waals surface area contributed by atoms with E-state index in [-0.39, 0.29) is 12.4 Å². The number of carbonyl (C=O) groups is 1. The zero-order valence-electron chi connectivity index (χ0n) is 10.9. The maximum Gasteiger partial charge on any atom is 0.188 e. The summed E-state index contributed by atoms with van der Waals surface area (Å²) in [5.41, 5.74) is 1.39. The molecule has 17 heavy (non-hydrogen) atoms. The quantitative estimate of drug-likeness (QED) is 0.624. The van der Waals surface area contributed by atoms with E-state index in [0.29, 0.717) is 17.6 Å². The largest absolute Gasteiger partial charge is 0.396 e. The van der Waals surface area contributed by atoms with Crippen molar-refractivity contribution in [3.05, 3.63) is 47.5 Å². The molecule has 0 aliphatic carbocycles. The maximum atomic E-state index is 11.9. The molecule has 2 nitrogen and oxygen atoms in total. The number of aliphatic hydroxyl groups excluding tert-OH is 1. The van der Waals surface area contributed by atoms with Crippen molar-refractivity contribution in [1.29, 1.82) is 0 Å². The summed E-state index contributed by atoms with van der Waals surface area (Å²) < 4.78 is 0. The lowest BCUT2D eigenvalue weighted by Crippen LogP contribution is -2.05. The summed E-state index contributed by atoms with van der Waals surface area (Å²) in [7, 11) is 0. The van der Waals surface area contributed by atoms with Gasteiger partial charge in [-0.25, -0.2) is 0 Å². The fourth-order valence-electron chi connectivity index (χ4n) is 1.45. The minimum atomic E-state index is 0.0183. The van der Waals surface area contributed by atoms with Crippen molar-refractivity contribution in [2.75, 3.05) is 6.61 Å². The van der Waals surface area contributed by atoms with E-state index < -0.39 is 0 Å². The second-order valence-electron chi connectivity index (χ2n) is 3.31. The van der Waals surface area contributed by atoms with Gasteiger partial charge in [0, 0.05) is 12.2 Å². The highest BCUT2D eigenvalue weighted by Gasteiger charge is 2.10. The van der Waals surface area contributed by atoms with Gasteiger partial charge >= 0.3 is 0 Å². The predicted molar refractivity (Wildman–Crippen MR) is 72.2 cm³/mol. The number of rotatable bonds is 5. The molecule has 0 aromatic heterocycles. The molecule has 0 spiro atoms. The predicted octanol–water partition coefficient (Wildman–Crippen LogP) is 3.61. The Balaban J connectivity index is 0.00000121. The molecular weight excluding hydrogens is 212 g/mol. The number of Topliss-reactive ketones (excluding diaryl/α,β-unsaturated/α-hetero) is 1. The van der Waals surface area contributed by atoms with E-state index in [2.05, 4.69) is 0 Å². The molecule has 1 rings (SSSR count). The topological polar surface area (TPSA) is 37.3 Å². The van der Waals surface area contributed by atoms with Crippen molar-refractivity contribution in [3.63, 3.8) is 0 Å². The molecule has 0 atom stereocenters. The van der Waals surface area contributed by atoms with Crippen molar-refractivity contribution >= 4 is 5.78 Å². The summed E-state index contributed by atoms with van der Waals surface area (Å²) in [6.07, 6.45) is 3.13. The molecule has 0 saturated heterocycles. The van der Waals surface area contributed by atoms with E-state index in [1.165, 1.54) is 0 Å². The number of hydrogen-bond acceptors (Lipinski definition) is 2. The highest BCUT2D eigenvalue weighted by Crippen LogP contribution is 2.12. The number of hydrogen-bond donors (Lipinski definition) is 1. The van der Waals surface area contributed by atoms with Crippen molar-refractivity contribution in [1.82, 2.24) is 0 Å². The molecule has 0 bridgehead atoms. The van der Waals surface area contributed by atoms with Gasteiger partial charge in [0.15, 0.2) is 5.78 Å². The van der Waals surface area contributed by atoms with Crippen LogP contribution in [0.2, 0.25) is 0 Å². The van der Waals surface area contributed by atoms with Gasteiger partial charge in [0.25, 0.3) is 0 Å². The maximum absolute atomic E-state index is 11.9. The van der Waals surface area contributed by atoms with Crippen LogP contribution in [-0.2, 0) is 0 Å². The van der Waals surface area contributed by atoms with Gasteiger partial charge in [-0.05, 0) is 18.4 Å². The first-order valence-corrected chi connectivity index (χ1v) is 6.19. The SMILES string of the molecule is CC.CC/C=C(\CCO)C(=O)c1ccccc1. The Kier molecular flexibility index (Phi) is 8.98. The summed E-state index contributed by atoms with van der Waals surface area (Å²) in [6, 6.07) is 9.16. The highest BCUT2D eigenvalue weighted by molar-refractivity contribution is 6.08. The fourth-order valence-corrected chi connectivity index (χ4v) is 1.45. The lowest BCUT2D eigenvalue weighted by atomic mass is 10.0. The minimum absolute atomic E-state index is 0.0183. The van der Waals surface area contributed by atoms with Gasteiger partial charge in [-0.3, -0.25) is 4.79 Å². The molecule has 1 aromatic carbocycles. The van der Waals surface area contributed by atoms with Crippen LogP contribution in [0.3, 0.4) is 0 Å². The molecule has 0 amide bonds. The van der Waals surface area contributed by atoms with Gasteiger partial charge in [0.1, 0.15) is 0 Å². The van der Waals surface area contributed by atoms with E-state index in [1.807, 2.05) is 45.0 Å². The van der Waals surface area contributed by atoms with Gasteiger partial charge in [-0.1, -0.05) is 57.2 Å². The van der Waals surface area contributed by atoms with Crippen molar-refractivity contribution in [3.8, 4) is 0 Å². The fraction of sp³-hybridized carbons (Fsp3) is 0.400. The van der Waals surface area contributed by atoms with Crippen molar-refractivity contribution in [2.24, 2.45) is 0 Å². The van der Waals surface area contributed by atoms with Crippen LogP contribution in [0.15, 0.2) is 42.0 Å². The standard InChI is InChI=1S/C13H16O2.C2H6/c1-2-6-11(9-10-14)13(15)12-7-4-3-5-8-12;1-2/h3-8,14H,2,9-10H2,1H3;1-2H3/b11-6+;. The number of benzene rings is 1. The van der Waals surface area contributed by atoms with Gasteiger partial charge < -0.3 is 5.11 Å². The average Bonchev–Trinajstić information content (AvgIpc) is 2.41. The van der Waals surface area contributed by atoms with Crippen LogP contribution in [0.1, 0.15) is 44.0 Å². The Hall–Kier alpha value is -1.41. The number of allylic oxidation sites excluding steroid dienone is 1. The Labute approximate surface area is 104 Å². The molecular formula is C15H22O2. The third-order valence-corrected chi connectivity index (χ3v) is 2.16. The molecule has 1 aromatic rings. The second-order valence-corrected chi connectivity index (χ2v) is 3.31. The number of ketones is 1. The van der Waals surface area contributed by atoms with Crippen LogP contribution in [0, 0.1) is 0 Å². The summed E-state index contributed by atoms with van der Waals surface area (Å²) in [6.45, 7) is 6.00. The van der Waals surface area contributed by atoms with Gasteiger partial charge in [0.05, 0.1) is 0 Å². The second kappa shape index (κ2) is 9.79. The summed E-state index contributed by atoms with van der Waals surface area (Å²) >= 11 is 0. The highest BCUT2D eigenvalue weighted by atomic mass is 16.3. The zero-order chi connectivity index (χ0) is 13.1. The van der Waals surface area contributed by atoms with Crippen LogP contribution in [0.4, 0.5) is 0 Å². The van der Waals surface area contributed by atoms with Gasteiger partial charge in [-0.2, -0.15) is 0 Å². The smallest absolute Gasteiger partial charge is 0.188 e. The lowest BCUT2D eigenvalue weighted by molar-refractivity contribution is 0.102. The minimum Gasteiger partial charge on any atom is -0.396 e. The zero-order valence-corrected chi connectivity index (χ0v) is 10.9. The van der Waals surface area contributed by atoms with E-state index in [0.717, 1.165) is 6.42 Å². The first-order valence-electron chi connectivity index (χ1n) is 6.19. The summed E-state index contributed by atoms with van der Waals surface area (Å²) in [4.78, 5) is 11.9. The van der Waals surface area contributed by atoms with Gasteiger partial charge in [-0.15, -0.1) is 0 Å². The third kappa shape index (κ3) is 5.45. The summed E-state index contributed by atoms with van der Waals surface area (Å²) in [5, 5.41) is 8.87. The Morgan fingerprint density at radius 2 is 1.82 bits per heavy atom. The van der Waals surface area contributed by atoms with Crippen LogP contribution in [-0.4, -0.2) is 17.5 Å². The molecule has 0 fully saturated rings. The molecule has 1 N–H and O–H groups in total.